The predicted molar refractivity (Wildman–Crippen MR) is 104 cm³/mol. The van der Waals surface area contributed by atoms with Gasteiger partial charge in [0.1, 0.15) is 5.75 Å². The molecule has 1 amide bonds. The highest BCUT2D eigenvalue weighted by atomic mass is 35.5. The van der Waals surface area contributed by atoms with Gasteiger partial charge in [-0.1, -0.05) is 40.5 Å². The van der Waals surface area contributed by atoms with Gasteiger partial charge in [-0.05, 0) is 48.4 Å². The third kappa shape index (κ3) is 5.31. The van der Waals surface area contributed by atoms with Crippen molar-refractivity contribution in [2.24, 2.45) is 0 Å². The molecule has 3 rings (SSSR count). The molecule has 0 bridgehead atoms. The van der Waals surface area contributed by atoms with Gasteiger partial charge in [0.15, 0.2) is 15.7 Å². The maximum Gasteiger partial charge on any atom is 0.315 e. The van der Waals surface area contributed by atoms with Crippen molar-refractivity contribution in [2.45, 2.75) is 17.1 Å². The molecule has 0 unspecified atom stereocenters. The first-order valence-electron chi connectivity index (χ1n) is 8.17. The molecule has 0 saturated carbocycles. The molecule has 0 aliphatic carbocycles. The van der Waals surface area contributed by atoms with Crippen molar-refractivity contribution >= 4 is 38.9 Å². The summed E-state index contributed by atoms with van der Waals surface area (Å²) in [5.74, 6) is -1.46. The first-order chi connectivity index (χ1) is 13.3. The molecule has 0 saturated heterocycles. The van der Waals surface area contributed by atoms with E-state index in [-0.39, 0.29) is 16.6 Å². The Hall–Kier alpha value is -2.42. The van der Waals surface area contributed by atoms with Crippen molar-refractivity contribution in [3.05, 3.63) is 75.9 Å². The van der Waals surface area contributed by atoms with Gasteiger partial charge in [0.05, 0.1) is 4.90 Å². The quantitative estimate of drug-likeness (QED) is 0.605. The average molecular weight is 440 g/mol. The Morgan fingerprint density at radius 3 is 2.25 bits per heavy atom. The lowest BCUT2D eigenvalue weighted by Crippen LogP contribution is -2.26. The van der Waals surface area contributed by atoms with Gasteiger partial charge in [0.2, 0.25) is 0 Å². The maximum atomic E-state index is 12.4. The molecule has 0 radical (unpaired) electrons. The maximum absolute atomic E-state index is 12.4. The molecule has 7 nitrogen and oxygen atoms in total. The SMILES string of the molecule is O=C(NCCc1ccc(Cl)cc1)c1nc(CS(=O)(=O)c2ccc(Cl)cc2)no1. The van der Waals surface area contributed by atoms with Crippen molar-refractivity contribution in [1.29, 1.82) is 0 Å². The molecule has 2 aromatic carbocycles. The summed E-state index contributed by atoms with van der Waals surface area (Å²) in [7, 11) is -3.69. The topological polar surface area (TPSA) is 102 Å². The molecule has 0 aliphatic rings. The van der Waals surface area contributed by atoms with Crippen LogP contribution in [0.5, 0.6) is 0 Å². The van der Waals surface area contributed by atoms with Crippen LogP contribution >= 0.6 is 23.2 Å². The first-order valence-corrected chi connectivity index (χ1v) is 10.6. The number of hydrogen-bond acceptors (Lipinski definition) is 6. The summed E-state index contributed by atoms with van der Waals surface area (Å²) in [5.41, 5.74) is 1.00. The number of carbonyl (C=O) groups is 1. The van der Waals surface area contributed by atoms with Crippen LogP contribution in [0.2, 0.25) is 10.0 Å². The van der Waals surface area contributed by atoms with E-state index in [2.05, 4.69) is 15.5 Å². The Morgan fingerprint density at radius 1 is 1.00 bits per heavy atom. The molecule has 1 aromatic heterocycles. The van der Waals surface area contributed by atoms with E-state index in [0.717, 1.165) is 5.56 Å². The average Bonchev–Trinajstić information content (AvgIpc) is 3.11. The van der Waals surface area contributed by atoms with Crippen LogP contribution in [-0.2, 0) is 22.0 Å². The highest BCUT2D eigenvalue weighted by Gasteiger charge is 2.21. The number of amides is 1. The predicted octanol–water partition coefficient (Wildman–Crippen LogP) is 3.32. The number of nitrogens with one attached hydrogen (secondary N) is 1. The van der Waals surface area contributed by atoms with Crippen LogP contribution in [0.15, 0.2) is 57.9 Å². The Morgan fingerprint density at radius 2 is 1.61 bits per heavy atom. The fourth-order valence-corrected chi connectivity index (χ4v) is 3.77. The monoisotopic (exact) mass is 439 g/mol. The molecule has 0 spiro atoms. The molecule has 1 heterocycles. The molecule has 28 heavy (non-hydrogen) atoms. The van der Waals surface area contributed by atoms with E-state index in [1.165, 1.54) is 24.3 Å². The van der Waals surface area contributed by atoms with Crippen LogP contribution < -0.4 is 5.32 Å². The van der Waals surface area contributed by atoms with E-state index in [4.69, 9.17) is 27.7 Å². The minimum absolute atomic E-state index is 0.0793. The molecule has 0 aliphatic heterocycles. The van der Waals surface area contributed by atoms with Gasteiger partial charge in [-0.15, -0.1) is 0 Å². The molecule has 3 aromatic rings. The van der Waals surface area contributed by atoms with Crippen molar-refractivity contribution in [3.63, 3.8) is 0 Å². The normalized spacial score (nSPS) is 11.4. The Kier molecular flexibility index (Phi) is 6.33. The molecule has 1 N–H and O–H groups in total. The Balaban J connectivity index is 1.57. The number of carbonyl (C=O) groups excluding carboxylic acids is 1. The van der Waals surface area contributed by atoms with Gasteiger partial charge in [-0.3, -0.25) is 4.79 Å². The Bertz CT molecular complexity index is 1060. The molecule has 146 valence electrons. The van der Waals surface area contributed by atoms with Crippen molar-refractivity contribution < 1.29 is 17.7 Å². The minimum atomic E-state index is -3.69. The fourth-order valence-electron chi connectivity index (χ4n) is 2.35. The lowest BCUT2D eigenvalue weighted by Gasteiger charge is -2.03. The molecule has 0 atom stereocenters. The summed E-state index contributed by atoms with van der Waals surface area (Å²) in [6.07, 6.45) is 0.592. The number of halogens is 2. The zero-order valence-corrected chi connectivity index (χ0v) is 16.8. The number of benzene rings is 2. The number of sulfone groups is 1. The highest BCUT2D eigenvalue weighted by Crippen LogP contribution is 2.18. The van der Waals surface area contributed by atoms with E-state index in [0.29, 0.717) is 23.0 Å². The van der Waals surface area contributed by atoms with E-state index < -0.39 is 21.5 Å². The summed E-state index contributed by atoms with van der Waals surface area (Å²) in [5, 5.41) is 7.28. The standard InChI is InChI=1S/C18H15Cl2N3O4S/c19-13-3-1-12(2-4-13)9-10-21-17(24)18-22-16(23-27-18)11-28(25,26)15-7-5-14(20)6-8-15/h1-8H,9-11H2,(H,21,24). The summed E-state index contributed by atoms with van der Waals surface area (Å²) >= 11 is 11.6. The third-order valence-corrected chi connectivity index (χ3v) is 5.90. The lowest BCUT2D eigenvalue weighted by atomic mass is 10.1. The number of hydrogen-bond donors (Lipinski definition) is 1. The van der Waals surface area contributed by atoms with E-state index in [1.54, 1.807) is 12.1 Å². The van der Waals surface area contributed by atoms with Crippen LogP contribution in [0.1, 0.15) is 22.1 Å². The smallest absolute Gasteiger partial charge is 0.315 e. The van der Waals surface area contributed by atoms with Crippen LogP contribution in [0.4, 0.5) is 0 Å². The van der Waals surface area contributed by atoms with E-state index >= 15 is 0 Å². The van der Waals surface area contributed by atoms with Gasteiger partial charge in [0, 0.05) is 16.6 Å². The summed E-state index contributed by atoms with van der Waals surface area (Å²) < 4.78 is 29.6. The van der Waals surface area contributed by atoms with E-state index in [9.17, 15) is 13.2 Å². The van der Waals surface area contributed by atoms with Crippen molar-refractivity contribution in [2.75, 3.05) is 6.54 Å². The van der Waals surface area contributed by atoms with Gasteiger partial charge >= 0.3 is 11.8 Å². The highest BCUT2D eigenvalue weighted by molar-refractivity contribution is 7.90. The summed E-state index contributed by atoms with van der Waals surface area (Å²) in [4.78, 5) is 16.0. The third-order valence-electron chi connectivity index (χ3n) is 3.77. The van der Waals surface area contributed by atoms with E-state index in [1.807, 2.05) is 12.1 Å². The molecule has 10 heteroatoms. The second-order valence-electron chi connectivity index (χ2n) is 5.86. The Labute approximate surface area is 171 Å². The number of aromatic nitrogens is 2. The second-order valence-corrected chi connectivity index (χ2v) is 8.72. The first kappa shape index (κ1) is 20.3. The molecular formula is C18H15Cl2N3O4S. The lowest BCUT2D eigenvalue weighted by molar-refractivity contribution is 0.0910. The number of rotatable bonds is 7. The van der Waals surface area contributed by atoms with Crippen molar-refractivity contribution in [3.8, 4) is 0 Å². The largest absolute Gasteiger partial charge is 0.347 e. The zero-order valence-electron chi connectivity index (χ0n) is 14.4. The molecule has 0 fully saturated rings. The van der Waals surface area contributed by atoms with Crippen LogP contribution in [-0.4, -0.2) is 31.0 Å². The van der Waals surface area contributed by atoms with Crippen LogP contribution in [0.3, 0.4) is 0 Å². The summed E-state index contributed by atoms with van der Waals surface area (Å²) in [6, 6.07) is 13.0. The van der Waals surface area contributed by atoms with Gasteiger partial charge in [-0.2, -0.15) is 4.98 Å². The molecular weight excluding hydrogens is 425 g/mol. The van der Waals surface area contributed by atoms with Crippen molar-refractivity contribution in [1.82, 2.24) is 15.5 Å². The minimum Gasteiger partial charge on any atom is -0.347 e. The second kappa shape index (κ2) is 8.72. The van der Waals surface area contributed by atoms with Crippen LogP contribution in [0, 0.1) is 0 Å². The van der Waals surface area contributed by atoms with Gasteiger partial charge in [0.25, 0.3) is 0 Å². The zero-order chi connectivity index (χ0) is 20.1. The summed E-state index contributed by atoms with van der Waals surface area (Å²) in [6.45, 7) is 0.348. The number of nitrogens with zero attached hydrogens (tertiary/aromatic N) is 2. The van der Waals surface area contributed by atoms with Gasteiger partial charge < -0.3 is 9.84 Å². The van der Waals surface area contributed by atoms with Gasteiger partial charge in [-0.25, -0.2) is 8.42 Å². The fraction of sp³-hybridized carbons (Fsp3) is 0.167. The van der Waals surface area contributed by atoms with Crippen LogP contribution in [0.25, 0.3) is 0 Å².